The molecule has 3 rings (SSSR count). The average molecular weight is 388 g/mol. The summed E-state index contributed by atoms with van der Waals surface area (Å²) in [5, 5.41) is 13.0. The molecule has 0 saturated heterocycles. The number of methoxy groups -OCH3 is 1. The highest BCUT2D eigenvalue weighted by Gasteiger charge is 2.09. The van der Waals surface area contributed by atoms with Gasteiger partial charge < -0.3 is 19.7 Å². The lowest BCUT2D eigenvalue weighted by atomic mass is 10.2. The molecule has 124 valence electrons. The van der Waals surface area contributed by atoms with Crippen LogP contribution in [0.15, 0.2) is 53.1 Å². The standard InChI is InChI=1S/C18H18BrN3O2/c1-22-15(13-4-6-14(19)7-5-13)11-21-18(22)20-10-12-3-8-16(23)17(9-12)24-2/h3-9,11,23H,10H2,1-2H3,(H,20,21). The van der Waals surface area contributed by atoms with E-state index < -0.39 is 0 Å². The number of ether oxygens (including phenoxy) is 1. The third-order valence-electron chi connectivity index (χ3n) is 3.82. The number of aromatic hydroxyl groups is 1. The summed E-state index contributed by atoms with van der Waals surface area (Å²) in [6.45, 7) is 0.585. The maximum absolute atomic E-state index is 9.65. The number of benzene rings is 2. The highest BCUT2D eigenvalue weighted by atomic mass is 79.9. The van der Waals surface area contributed by atoms with Gasteiger partial charge in [-0.05, 0) is 35.4 Å². The molecule has 6 heteroatoms. The Kier molecular flexibility index (Phi) is 4.76. The number of aromatic nitrogens is 2. The van der Waals surface area contributed by atoms with Crippen LogP contribution in [0, 0.1) is 0 Å². The van der Waals surface area contributed by atoms with Gasteiger partial charge in [0.25, 0.3) is 0 Å². The summed E-state index contributed by atoms with van der Waals surface area (Å²) >= 11 is 3.45. The number of anilines is 1. The number of rotatable bonds is 5. The maximum Gasteiger partial charge on any atom is 0.203 e. The number of hydrogen-bond donors (Lipinski definition) is 2. The molecule has 0 aliphatic heterocycles. The van der Waals surface area contributed by atoms with Crippen LogP contribution in [0.4, 0.5) is 5.95 Å². The fourth-order valence-electron chi connectivity index (χ4n) is 2.48. The van der Waals surface area contributed by atoms with E-state index in [1.54, 1.807) is 12.1 Å². The van der Waals surface area contributed by atoms with Gasteiger partial charge in [0.15, 0.2) is 11.5 Å². The van der Waals surface area contributed by atoms with E-state index in [0.29, 0.717) is 12.3 Å². The zero-order chi connectivity index (χ0) is 17.1. The van der Waals surface area contributed by atoms with E-state index in [1.165, 1.54) is 7.11 Å². The number of halogens is 1. The van der Waals surface area contributed by atoms with Crippen LogP contribution < -0.4 is 10.1 Å². The molecule has 0 spiro atoms. The predicted octanol–water partition coefficient (Wildman–Crippen LogP) is 4.18. The quantitative estimate of drug-likeness (QED) is 0.689. The van der Waals surface area contributed by atoms with Crippen LogP contribution in [0.25, 0.3) is 11.3 Å². The number of nitrogens with zero attached hydrogens (tertiary/aromatic N) is 2. The van der Waals surface area contributed by atoms with Crippen molar-refractivity contribution in [3.8, 4) is 22.8 Å². The summed E-state index contributed by atoms with van der Waals surface area (Å²) in [5.74, 6) is 1.38. The Morgan fingerprint density at radius 1 is 1.21 bits per heavy atom. The van der Waals surface area contributed by atoms with E-state index in [0.717, 1.165) is 27.2 Å². The molecule has 3 aromatic rings. The monoisotopic (exact) mass is 387 g/mol. The highest BCUT2D eigenvalue weighted by Crippen LogP contribution is 2.27. The van der Waals surface area contributed by atoms with Gasteiger partial charge in [-0.15, -0.1) is 0 Å². The van der Waals surface area contributed by atoms with E-state index in [-0.39, 0.29) is 5.75 Å². The normalized spacial score (nSPS) is 10.6. The second-order valence-electron chi connectivity index (χ2n) is 5.39. The molecule has 0 bridgehead atoms. The van der Waals surface area contributed by atoms with Crippen LogP contribution in [-0.4, -0.2) is 21.8 Å². The van der Waals surface area contributed by atoms with Crippen molar-refractivity contribution in [3.05, 3.63) is 58.7 Å². The summed E-state index contributed by atoms with van der Waals surface area (Å²) in [6, 6.07) is 13.4. The van der Waals surface area contributed by atoms with Gasteiger partial charge in [-0.25, -0.2) is 4.98 Å². The minimum Gasteiger partial charge on any atom is -0.504 e. The summed E-state index contributed by atoms with van der Waals surface area (Å²) < 4.78 is 8.19. The molecule has 0 radical (unpaired) electrons. The molecule has 5 nitrogen and oxygen atoms in total. The fraction of sp³-hybridized carbons (Fsp3) is 0.167. The van der Waals surface area contributed by atoms with Crippen LogP contribution in [0.3, 0.4) is 0 Å². The number of hydrogen-bond acceptors (Lipinski definition) is 4. The van der Waals surface area contributed by atoms with Crippen molar-refractivity contribution in [2.75, 3.05) is 12.4 Å². The molecule has 1 heterocycles. The van der Waals surface area contributed by atoms with Gasteiger partial charge in [0.2, 0.25) is 5.95 Å². The molecule has 0 unspecified atom stereocenters. The first-order chi connectivity index (χ1) is 11.6. The lowest BCUT2D eigenvalue weighted by Gasteiger charge is -2.10. The predicted molar refractivity (Wildman–Crippen MR) is 98.3 cm³/mol. The second kappa shape index (κ2) is 6.97. The summed E-state index contributed by atoms with van der Waals surface area (Å²) in [7, 11) is 3.51. The first kappa shape index (κ1) is 16.4. The van der Waals surface area contributed by atoms with Crippen LogP contribution in [0.2, 0.25) is 0 Å². The first-order valence-electron chi connectivity index (χ1n) is 7.46. The Labute approximate surface area is 149 Å². The van der Waals surface area contributed by atoms with Crippen LogP contribution in [0.1, 0.15) is 5.56 Å². The highest BCUT2D eigenvalue weighted by molar-refractivity contribution is 9.10. The summed E-state index contributed by atoms with van der Waals surface area (Å²) in [5.41, 5.74) is 3.14. The minimum absolute atomic E-state index is 0.135. The molecule has 2 aromatic carbocycles. The van der Waals surface area contributed by atoms with Crippen LogP contribution >= 0.6 is 15.9 Å². The summed E-state index contributed by atoms with van der Waals surface area (Å²) in [4.78, 5) is 4.45. The van der Waals surface area contributed by atoms with Gasteiger partial charge in [0.05, 0.1) is 19.0 Å². The van der Waals surface area contributed by atoms with Crippen molar-refractivity contribution in [3.63, 3.8) is 0 Å². The molecule has 0 atom stereocenters. The van der Waals surface area contributed by atoms with E-state index in [9.17, 15) is 5.11 Å². The zero-order valence-corrected chi connectivity index (χ0v) is 15.0. The lowest BCUT2D eigenvalue weighted by molar-refractivity contribution is 0.373. The molecule has 2 N–H and O–H groups in total. The third kappa shape index (κ3) is 3.38. The van der Waals surface area contributed by atoms with Gasteiger partial charge in [0, 0.05) is 18.1 Å². The minimum atomic E-state index is 0.135. The van der Waals surface area contributed by atoms with E-state index in [2.05, 4.69) is 38.4 Å². The van der Waals surface area contributed by atoms with Crippen molar-refractivity contribution in [1.29, 1.82) is 0 Å². The van der Waals surface area contributed by atoms with Crippen molar-refractivity contribution in [1.82, 2.24) is 9.55 Å². The van der Waals surface area contributed by atoms with Crippen molar-refractivity contribution in [2.45, 2.75) is 6.54 Å². The number of nitrogens with one attached hydrogen (secondary N) is 1. The second-order valence-corrected chi connectivity index (χ2v) is 6.31. The largest absolute Gasteiger partial charge is 0.504 e. The zero-order valence-electron chi connectivity index (χ0n) is 13.5. The summed E-state index contributed by atoms with van der Waals surface area (Å²) in [6.07, 6.45) is 1.85. The Bertz CT molecular complexity index is 844. The smallest absolute Gasteiger partial charge is 0.203 e. The van der Waals surface area contributed by atoms with Crippen molar-refractivity contribution < 1.29 is 9.84 Å². The van der Waals surface area contributed by atoms with Crippen LogP contribution in [0.5, 0.6) is 11.5 Å². The molecular formula is C18H18BrN3O2. The first-order valence-corrected chi connectivity index (χ1v) is 8.25. The maximum atomic E-state index is 9.65. The SMILES string of the molecule is COc1cc(CNc2ncc(-c3ccc(Br)cc3)n2C)ccc1O. The van der Waals surface area contributed by atoms with Gasteiger partial charge in [-0.3, -0.25) is 0 Å². The Morgan fingerprint density at radius 3 is 2.67 bits per heavy atom. The van der Waals surface area contributed by atoms with Gasteiger partial charge in [-0.1, -0.05) is 34.1 Å². The van der Waals surface area contributed by atoms with Gasteiger partial charge >= 0.3 is 0 Å². The molecule has 0 aliphatic carbocycles. The van der Waals surface area contributed by atoms with E-state index >= 15 is 0 Å². The van der Waals surface area contributed by atoms with E-state index in [1.807, 2.05) is 36.0 Å². The average Bonchev–Trinajstić information content (AvgIpc) is 2.96. The topological polar surface area (TPSA) is 59.3 Å². The lowest BCUT2D eigenvalue weighted by Crippen LogP contribution is -2.05. The fourth-order valence-corrected chi connectivity index (χ4v) is 2.74. The molecule has 0 fully saturated rings. The van der Waals surface area contributed by atoms with Gasteiger partial charge in [0.1, 0.15) is 0 Å². The molecule has 0 saturated carbocycles. The van der Waals surface area contributed by atoms with Gasteiger partial charge in [-0.2, -0.15) is 0 Å². The Hall–Kier alpha value is -2.47. The number of phenolic OH excluding ortho intramolecular Hbond substituents is 1. The molecule has 24 heavy (non-hydrogen) atoms. The molecule has 0 aliphatic rings. The molecular weight excluding hydrogens is 370 g/mol. The number of imidazole rings is 1. The van der Waals surface area contributed by atoms with Crippen LogP contribution in [-0.2, 0) is 13.6 Å². The molecule has 0 amide bonds. The van der Waals surface area contributed by atoms with Crippen molar-refractivity contribution in [2.24, 2.45) is 7.05 Å². The van der Waals surface area contributed by atoms with Crippen molar-refractivity contribution >= 4 is 21.9 Å². The Morgan fingerprint density at radius 2 is 1.96 bits per heavy atom. The molecule has 1 aromatic heterocycles. The Balaban J connectivity index is 1.76. The third-order valence-corrected chi connectivity index (χ3v) is 4.35. The van der Waals surface area contributed by atoms with E-state index in [4.69, 9.17) is 4.74 Å². The number of phenols is 1.